The van der Waals surface area contributed by atoms with E-state index in [1.807, 2.05) is 6.92 Å². The molecule has 0 saturated carbocycles. The van der Waals surface area contributed by atoms with Gasteiger partial charge in [0.05, 0.1) is 13.1 Å². The van der Waals surface area contributed by atoms with E-state index in [9.17, 15) is 0 Å². The van der Waals surface area contributed by atoms with Crippen LogP contribution in [0.15, 0.2) is 10.2 Å². The summed E-state index contributed by atoms with van der Waals surface area (Å²) in [5.74, 6) is 0. The molecule has 0 amide bonds. The van der Waals surface area contributed by atoms with Crippen molar-refractivity contribution in [3.05, 3.63) is 0 Å². The highest BCUT2D eigenvalue weighted by Gasteiger charge is 1.80. The van der Waals surface area contributed by atoms with Gasteiger partial charge in [-0.15, -0.1) is 0 Å². The van der Waals surface area contributed by atoms with E-state index in [0.717, 1.165) is 13.1 Å². The Morgan fingerprint density at radius 2 is 1.78 bits per heavy atom. The first kappa shape index (κ1) is 8.60. The van der Waals surface area contributed by atoms with Crippen molar-refractivity contribution in [2.75, 3.05) is 13.1 Å². The summed E-state index contributed by atoms with van der Waals surface area (Å²) in [4.78, 5) is 0. The third-order valence-electron chi connectivity index (χ3n) is 1.10. The zero-order chi connectivity index (χ0) is 6.95. The molecule has 0 aromatic rings. The monoisotopic (exact) mass is 128 g/mol. The van der Waals surface area contributed by atoms with Gasteiger partial charge in [0, 0.05) is 0 Å². The van der Waals surface area contributed by atoms with E-state index in [-0.39, 0.29) is 0 Å². The van der Waals surface area contributed by atoms with Crippen LogP contribution in [0.5, 0.6) is 0 Å². The second kappa shape index (κ2) is 7.60. The van der Waals surface area contributed by atoms with E-state index in [0.29, 0.717) is 0 Å². The zero-order valence-corrected chi connectivity index (χ0v) is 6.43. The van der Waals surface area contributed by atoms with Gasteiger partial charge in [0.2, 0.25) is 0 Å². The van der Waals surface area contributed by atoms with Crippen LogP contribution in [-0.4, -0.2) is 13.1 Å². The van der Waals surface area contributed by atoms with E-state index in [4.69, 9.17) is 0 Å². The quantitative estimate of drug-likeness (QED) is 0.401. The molecule has 0 fully saturated rings. The van der Waals surface area contributed by atoms with Crippen LogP contribution in [0, 0.1) is 0 Å². The molecule has 0 aliphatic rings. The van der Waals surface area contributed by atoms with Crippen molar-refractivity contribution in [2.45, 2.75) is 33.1 Å². The van der Waals surface area contributed by atoms with Gasteiger partial charge >= 0.3 is 0 Å². The van der Waals surface area contributed by atoms with Gasteiger partial charge in [-0.25, -0.2) is 0 Å². The van der Waals surface area contributed by atoms with Crippen LogP contribution in [0.3, 0.4) is 0 Å². The van der Waals surface area contributed by atoms with Crippen LogP contribution < -0.4 is 0 Å². The molecule has 0 spiro atoms. The lowest BCUT2D eigenvalue weighted by Gasteiger charge is -1.89. The fourth-order valence-electron chi connectivity index (χ4n) is 0.603. The fourth-order valence-corrected chi connectivity index (χ4v) is 0.603. The average molecular weight is 128 g/mol. The molecule has 0 heterocycles. The SMILES string of the molecule is CCCCCN=NCC. The van der Waals surface area contributed by atoms with Crippen LogP contribution in [-0.2, 0) is 0 Å². The fraction of sp³-hybridized carbons (Fsp3) is 1.00. The summed E-state index contributed by atoms with van der Waals surface area (Å²) in [5.41, 5.74) is 0. The van der Waals surface area contributed by atoms with Crippen LogP contribution >= 0.6 is 0 Å². The lowest BCUT2D eigenvalue weighted by Crippen LogP contribution is -1.78. The number of nitrogens with zero attached hydrogens (tertiary/aromatic N) is 2. The Hall–Kier alpha value is -0.400. The van der Waals surface area contributed by atoms with Gasteiger partial charge in [0.15, 0.2) is 0 Å². The number of hydrogen-bond donors (Lipinski definition) is 0. The molecule has 0 aliphatic heterocycles. The Morgan fingerprint density at radius 1 is 1.00 bits per heavy atom. The molecule has 0 radical (unpaired) electrons. The van der Waals surface area contributed by atoms with Gasteiger partial charge in [0.25, 0.3) is 0 Å². The molecule has 0 aromatic carbocycles. The van der Waals surface area contributed by atoms with E-state index < -0.39 is 0 Å². The molecule has 2 heteroatoms. The normalized spacial score (nSPS) is 10.9. The minimum Gasteiger partial charge on any atom is -0.195 e. The molecule has 54 valence electrons. The third-order valence-corrected chi connectivity index (χ3v) is 1.10. The summed E-state index contributed by atoms with van der Waals surface area (Å²) in [6.45, 7) is 5.94. The third kappa shape index (κ3) is 7.60. The lowest BCUT2D eigenvalue weighted by molar-refractivity contribution is 0.703. The summed E-state index contributed by atoms with van der Waals surface area (Å²) in [5, 5.41) is 7.82. The molecular weight excluding hydrogens is 112 g/mol. The number of rotatable bonds is 5. The van der Waals surface area contributed by atoms with E-state index >= 15 is 0 Å². The first-order chi connectivity index (χ1) is 4.41. The molecule has 2 nitrogen and oxygen atoms in total. The smallest absolute Gasteiger partial charge is 0.0598 e. The van der Waals surface area contributed by atoms with E-state index in [2.05, 4.69) is 17.2 Å². The van der Waals surface area contributed by atoms with Gasteiger partial charge in [-0.05, 0) is 13.3 Å². The topological polar surface area (TPSA) is 24.7 Å². The van der Waals surface area contributed by atoms with Crippen molar-refractivity contribution in [3.8, 4) is 0 Å². The first-order valence-corrected chi connectivity index (χ1v) is 3.75. The van der Waals surface area contributed by atoms with E-state index in [1.165, 1.54) is 19.3 Å². The molecular formula is C7H16N2. The van der Waals surface area contributed by atoms with Gasteiger partial charge < -0.3 is 0 Å². The summed E-state index contributed by atoms with van der Waals surface area (Å²) in [6.07, 6.45) is 3.74. The Morgan fingerprint density at radius 3 is 2.33 bits per heavy atom. The Labute approximate surface area is 57.4 Å². The van der Waals surface area contributed by atoms with Crippen molar-refractivity contribution in [3.63, 3.8) is 0 Å². The molecule has 0 aliphatic carbocycles. The number of unbranched alkanes of at least 4 members (excludes halogenated alkanes) is 2. The number of azo groups is 1. The maximum Gasteiger partial charge on any atom is 0.0598 e. The predicted molar refractivity (Wildman–Crippen MR) is 39.8 cm³/mol. The highest BCUT2D eigenvalue weighted by molar-refractivity contribution is 4.40. The Balaban J connectivity index is 2.82. The summed E-state index contributed by atoms with van der Waals surface area (Å²) in [6, 6.07) is 0. The van der Waals surface area contributed by atoms with Crippen molar-refractivity contribution < 1.29 is 0 Å². The molecule has 0 atom stereocenters. The van der Waals surface area contributed by atoms with Crippen molar-refractivity contribution in [1.82, 2.24) is 0 Å². The summed E-state index contributed by atoms with van der Waals surface area (Å²) < 4.78 is 0. The second-order valence-electron chi connectivity index (χ2n) is 2.03. The minimum absolute atomic E-state index is 0.826. The molecule has 0 unspecified atom stereocenters. The highest BCUT2D eigenvalue weighted by Crippen LogP contribution is 1.93. The largest absolute Gasteiger partial charge is 0.195 e. The molecule has 0 N–H and O–H groups in total. The maximum absolute atomic E-state index is 3.95. The Kier molecular flexibility index (Phi) is 7.26. The van der Waals surface area contributed by atoms with Crippen LogP contribution in [0.2, 0.25) is 0 Å². The zero-order valence-electron chi connectivity index (χ0n) is 6.43. The van der Waals surface area contributed by atoms with Crippen molar-refractivity contribution >= 4 is 0 Å². The van der Waals surface area contributed by atoms with Gasteiger partial charge in [0.1, 0.15) is 0 Å². The second-order valence-corrected chi connectivity index (χ2v) is 2.03. The lowest BCUT2D eigenvalue weighted by atomic mass is 10.3. The van der Waals surface area contributed by atoms with Crippen LogP contribution in [0.4, 0.5) is 0 Å². The van der Waals surface area contributed by atoms with Crippen molar-refractivity contribution in [1.29, 1.82) is 0 Å². The number of hydrogen-bond acceptors (Lipinski definition) is 2. The maximum atomic E-state index is 3.95. The average Bonchev–Trinajstić information content (AvgIpc) is 1.89. The van der Waals surface area contributed by atoms with Gasteiger partial charge in [-0.2, -0.15) is 10.2 Å². The van der Waals surface area contributed by atoms with Gasteiger partial charge in [-0.1, -0.05) is 19.8 Å². The molecule has 0 saturated heterocycles. The standard InChI is InChI=1S/C7H16N2/c1-3-5-6-7-9-8-4-2/h3-7H2,1-2H3. The minimum atomic E-state index is 0.826. The first-order valence-electron chi connectivity index (χ1n) is 3.75. The Bertz CT molecular complexity index is 69.3. The molecule has 0 aromatic heterocycles. The van der Waals surface area contributed by atoms with Crippen LogP contribution in [0.1, 0.15) is 33.1 Å². The summed E-state index contributed by atoms with van der Waals surface area (Å²) in [7, 11) is 0. The van der Waals surface area contributed by atoms with Crippen LogP contribution in [0.25, 0.3) is 0 Å². The molecule has 0 rings (SSSR count). The van der Waals surface area contributed by atoms with Gasteiger partial charge in [-0.3, -0.25) is 0 Å². The highest BCUT2D eigenvalue weighted by atomic mass is 15.1. The summed E-state index contributed by atoms with van der Waals surface area (Å²) >= 11 is 0. The van der Waals surface area contributed by atoms with E-state index in [1.54, 1.807) is 0 Å². The molecule has 9 heavy (non-hydrogen) atoms. The predicted octanol–water partition coefficient (Wildman–Crippen LogP) is 2.65. The molecule has 0 bridgehead atoms. The van der Waals surface area contributed by atoms with Crippen molar-refractivity contribution in [2.24, 2.45) is 10.2 Å².